The molecule has 0 amide bonds. The summed E-state index contributed by atoms with van der Waals surface area (Å²) < 4.78 is 2.21. The molecule has 1 unspecified atom stereocenters. The first-order chi connectivity index (χ1) is 9.29. The molecule has 1 fully saturated rings. The van der Waals surface area contributed by atoms with Gasteiger partial charge in [0.05, 0.1) is 11.7 Å². The lowest BCUT2D eigenvalue weighted by Crippen LogP contribution is -2.22. The normalized spacial score (nSPS) is 18.0. The van der Waals surface area contributed by atoms with Crippen LogP contribution in [0.4, 0.5) is 0 Å². The van der Waals surface area contributed by atoms with E-state index >= 15 is 0 Å². The van der Waals surface area contributed by atoms with Crippen molar-refractivity contribution >= 4 is 0 Å². The average Bonchev–Trinajstić information content (AvgIpc) is 3.07. The quantitative estimate of drug-likeness (QED) is 0.727. The van der Waals surface area contributed by atoms with Gasteiger partial charge in [-0.2, -0.15) is 5.10 Å². The molecule has 1 aliphatic rings. The second kappa shape index (κ2) is 7.68. The van der Waals surface area contributed by atoms with Gasteiger partial charge in [-0.05, 0) is 57.2 Å². The molecule has 3 nitrogen and oxygen atoms in total. The number of hydrogen-bond donors (Lipinski definition) is 1. The molecule has 2 rings (SSSR count). The predicted octanol–water partition coefficient (Wildman–Crippen LogP) is 3.57. The topological polar surface area (TPSA) is 29.9 Å². The Balaban J connectivity index is 1.70. The van der Waals surface area contributed by atoms with E-state index in [1.165, 1.54) is 44.2 Å². The number of nitrogens with one attached hydrogen (secondary N) is 1. The first-order valence-electron chi connectivity index (χ1n) is 8.04. The fourth-order valence-corrected chi connectivity index (χ4v) is 2.90. The molecule has 108 valence electrons. The van der Waals surface area contributed by atoms with Crippen LogP contribution in [0.5, 0.6) is 0 Å². The second-order valence-electron chi connectivity index (χ2n) is 6.07. The number of aryl methyl sites for hydroxylation is 1. The predicted molar refractivity (Wildman–Crippen MR) is 80.4 cm³/mol. The molecule has 1 heterocycles. The van der Waals surface area contributed by atoms with E-state index in [1.807, 2.05) is 0 Å². The molecule has 0 spiro atoms. The van der Waals surface area contributed by atoms with E-state index < -0.39 is 0 Å². The van der Waals surface area contributed by atoms with Crippen molar-refractivity contribution in [1.29, 1.82) is 0 Å². The lowest BCUT2D eigenvalue weighted by atomic mass is 10.0. The van der Waals surface area contributed by atoms with E-state index in [2.05, 4.69) is 36.1 Å². The second-order valence-corrected chi connectivity index (χ2v) is 6.07. The van der Waals surface area contributed by atoms with Gasteiger partial charge in [0.2, 0.25) is 0 Å². The van der Waals surface area contributed by atoms with Crippen LogP contribution in [0.3, 0.4) is 0 Å². The van der Waals surface area contributed by atoms with Gasteiger partial charge >= 0.3 is 0 Å². The number of aromatic nitrogens is 2. The summed E-state index contributed by atoms with van der Waals surface area (Å²) in [6, 6.07) is 2.89. The molecular weight excluding hydrogens is 234 g/mol. The third kappa shape index (κ3) is 4.64. The van der Waals surface area contributed by atoms with Crippen molar-refractivity contribution in [2.75, 3.05) is 13.1 Å². The van der Waals surface area contributed by atoms with Crippen molar-refractivity contribution in [3.05, 3.63) is 18.0 Å². The summed E-state index contributed by atoms with van der Waals surface area (Å²) in [4.78, 5) is 0. The Labute approximate surface area is 117 Å². The van der Waals surface area contributed by atoms with Crippen molar-refractivity contribution in [2.45, 2.75) is 64.8 Å². The van der Waals surface area contributed by atoms with Crippen molar-refractivity contribution in [1.82, 2.24) is 15.1 Å². The van der Waals surface area contributed by atoms with Crippen LogP contribution >= 0.6 is 0 Å². The van der Waals surface area contributed by atoms with Crippen molar-refractivity contribution in [3.8, 4) is 0 Å². The summed E-state index contributed by atoms with van der Waals surface area (Å²) in [5, 5.41) is 8.25. The Hall–Kier alpha value is -0.830. The largest absolute Gasteiger partial charge is 0.316 e. The first-order valence-corrected chi connectivity index (χ1v) is 8.04. The molecular formula is C16H29N3. The summed E-state index contributed by atoms with van der Waals surface area (Å²) >= 11 is 0. The summed E-state index contributed by atoms with van der Waals surface area (Å²) in [5.74, 6) is 0.739. The Morgan fingerprint density at radius 1 is 1.42 bits per heavy atom. The third-order valence-electron chi connectivity index (χ3n) is 4.18. The molecule has 1 aromatic heterocycles. The van der Waals surface area contributed by atoms with E-state index in [0.717, 1.165) is 25.4 Å². The Bertz CT molecular complexity index is 353. The molecule has 0 saturated heterocycles. The maximum absolute atomic E-state index is 4.76. The van der Waals surface area contributed by atoms with Crippen LogP contribution in [0.15, 0.2) is 12.3 Å². The van der Waals surface area contributed by atoms with Gasteiger partial charge in [0.15, 0.2) is 0 Å². The Kier molecular flexibility index (Phi) is 5.90. The number of rotatable bonds is 8. The highest BCUT2D eigenvalue weighted by molar-refractivity contribution is 5.00. The van der Waals surface area contributed by atoms with E-state index in [9.17, 15) is 0 Å². The molecule has 19 heavy (non-hydrogen) atoms. The van der Waals surface area contributed by atoms with Gasteiger partial charge in [-0.25, -0.2) is 0 Å². The highest BCUT2D eigenvalue weighted by Gasteiger charge is 2.17. The minimum atomic E-state index is 0.678. The molecule has 3 heteroatoms. The molecule has 0 aromatic carbocycles. The summed E-state index contributed by atoms with van der Waals surface area (Å²) in [5.41, 5.74) is 1.27. The molecule has 1 saturated carbocycles. The SMILES string of the molecule is CCCNCC(C)CCc1ccn(C2CCCC2)n1. The zero-order chi connectivity index (χ0) is 13.5. The molecule has 1 N–H and O–H groups in total. The van der Waals surface area contributed by atoms with Gasteiger partial charge < -0.3 is 5.32 Å². The first kappa shape index (κ1) is 14.6. The van der Waals surface area contributed by atoms with E-state index in [4.69, 9.17) is 5.10 Å². The van der Waals surface area contributed by atoms with Crippen molar-refractivity contribution in [2.24, 2.45) is 5.92 Å². The van der Waals surface area contributed by atoms with Crippen LogP contribution in [0.2, 0.25) is 0 Å². The molecule has 1 aliphatic carbocycles. The van der Waals surface area contributed by atoms with Gasteiger partial charge in [-0.3, -0.25) is 4.68 Å². The smallest absolute Gasteiger partial charge is 0.0624 e. The van der Waals surface area contributed by atoms with Gasteiger partial charge in [-0.1, -0.05) is 26.7 Å². The van der Waals surface area contributed by atoms with E-state index in [0.29, 0.717) is 6.04 Å². The molecule has 0 bridgehead atoms. The highest BCUT2D eigenvalue weighted by Crippen LogP contribution is 2.28. The lowest BCUT2D eigenvalue weighted by molar-refractivity contribution is 0.453. The maximum atomic E-state index is 4.76. The minimum absolute atomic E-state index is 0.678. The van der Waals surface area contributed by atoms with E-state index in [-0.39, 0.29) is 0 Å². The average molecular weight is 263 g/mol. The van der Waals surface area contributed by atoms with Gasteiger partial charge in [0.1, 0.15) is 0 Å². The Morgan fingerprint density at radius 2 is 2.21 bits per heavy atom. The van der Waals surface area contributed by atoms with Gasteiger partial charge in [0.25, 0.3) is 0 Å². The van der Waals surface area contributed by atoms with Crippen molar-refractivity contribution < 1.29 is 0 Å². The third-order valence-corrected chi connectivity index (χ3v) is 4.18. The van der Waals surface area contributed by atoms with Crippen molar-refractivity contribution in [3.63, 3.8) is 0 Å². The molecule has 0 aliphatic heterocycles. The van der Waals surface area contributed by atoms with Crippen LogP contribution in [0.25, 0.3) is 0 Å². The van der Waals surface area contributed by atoms with Crippen LogP contribution in [0.1, 0.15) is 64.1 Å². The van der Waals surface area contributed by atoms with Gasteiger partial charge in [-0.15, -0.1) is 0 Å². The molecule has 1 aromatic rings. The molecule has 1 atom stereocenters. The van der Waals surface area contributed by atoms with E-state index in [1.54, 1.807) is 0 Å². The fourth-order valence-electron chi connectivity index (χ4n) is 2.90. The highest BCUT2D eigenvalue weighted by atomic mass is 15.3. The van der Waals surface area contributed by atoms with Crippen LogP contribution in [-0.4, -0.2) is 22.9 Å². The minimum Gasteiger partial charge on any atom is -0.316 e. The summed E-state index contributed by atoms with van der Waals surface area (Å²) in [7, 11) is 0. The fraction of sp³-hybridized carbons (Fsp3) is 0.812. The summed E-state index contributed by atoms with van der Waals surface area (Å²) in [6.45, 7) is 6.82. The Morgan fingerprint density at radius 3 is 2.95 bits per heavy atom. The number of hydrogen-bond acceptors (Lipinski definition) is 2. The molecule has 0 radical (unpaired) electrons. The number of nitrogens with zero attached hydrogens (tertiary/aromatic N) is 2. The summed E-state index contributed by atoms with van der Waals surface area (Å²) in [6.07, 6.45) is 11.1. The van der Waals surface area contributed by atoms with Crippen LogP contribution in [0, 0.1) is 5.92 Å². The maximum Gasteiger partial charge on any atom is 0.0624 e. The zero-order valence-electron chi connectivity index (χ0n) is 12.6. The lowest BCUT2D eigenvalue weighted by Gasteiger charge is -2.11. The standard InChI is InChI=1S/C16H29N3/c1-3-11-17-13-14(2)8-9-15-10-12-19(18-15)16-6-4-5-7-16/h10,12,14,16-17H,3-9,11,13H2,1-2H3. The van der Waals surface area contributed by atoms with Crippen LogP contribution < -0.4 is 5.32 Å². The zero-order valence-corrected chi connectivity index (χ0v) is 12.6. The monoisotopic (exact) mass is 263 g/mol. The van der Waals surface area contributed by atoms with Crippen LogP contribution in [-0.2, 0) is 6.42 Å². The van der Waals surface area contributed by atoms with Gasteiger partial charge in [0, 0.05) is 6.20 Å².